The van der Waals surface area contributed by atoms with Crippen molar-refractivity contribution >= 4 is 28.1 Å². The number of benzene rings is 2. The highest BCUT2D eigenvalue weighted by Gasteiger charge is 2.22. The molecule has 9 heteroatoms. The van der Waals surface area contributed by atoms with Gasteiger partial charge in [-0.1, -0.05) is 36.4 Å². The van der Waals surface area contributed by atoms with E-state index in [9.17, 15) is 4.79 Å². The molecule has 0 spiro atoms. The van der Waals surface area contributed by atoms with Gasteiger partial charge in [-0.05, 0) is 55.8 Å². The Morgan fingerprint density at radius 3 is 2.84 bits per heavy atom. The molecule has 188 valence electrons. The standard InChI is InChI=1S/C28H29N7O2/c1-18-15-21-20(26(29)36)9-5-10-22(21)34(18)28-32-27(31-16-19-7-3-2-4-8-19)24-12-11-23(35(24)33-28)25-17-30-13-6-14-37-25/h2-5,7-12,15,25,30H,6,13-14,16-17H2,1H3,(H2,29,36)(H,31,32,33). The van der Waals surface area contributed by atoms with Gasteiger partial charge in [0.25, 0.3) is 5.95 Å². The number of nitrogens with one attached hydrogen (secondary N) is 2. The van der Waals surface area contributed by atoms with Crippen LogP contribution in [0.15, 0.2) is 66.7 Å². The molecule has 1 saturated heterocycles. The number of primary amides is 1. The summed E-state index contributed by atoms with van der Waals surface area (Å²) >= 11 is 0. The van der Waals surface area contributed by atoms with Crippen LogP contribution in [0.3, 0.4) is 0 Å². The Labute approximate surface area is 214 Å². The third-order valence-electron chi connectivity index (χ3n) is 6.80. The Kier molecular flexibility index (Phi) is 6.07. The minimum Gasteiger partial charge on any atom is -0.371 e. The fraction of sp³-hybridized carbons (Fsp3) is 0.250. The minimum atomic E-state index is -0.463. The Balaban J connectivity index is 1.52. The predicted octanol–water partition coefficient (Wildman–Crippen LogP) is 3.74. The molecule has 0 aliphatic carbocycles. The predicted molar refractivity (Wildman–Crippen MR) is 143 cm³/mol. The summed E-state index contributed by atoms with van der Waals surface area (Å²) in [6.07, 6.45) is 0.847. The van der Waals surface area contributed by atoms with Crippen LogP contribution < -0.4 is 16.4 Å². The van der Waals surface area contributed by atoms with Gasteiger partial charge in [-0.15, -0.1) is 5.10 Å². The highest BCUT2D eigenvalue weighted by molar-refractivity contribution is 6.06. The lowest BCUT2D eigenvalue weighted by molar-refractivity contribution is 0.0627. The third kappa shape index (κ3) is 4.32. The number of nitrogens with two attached hydrogens (primary N) is 1. The van der Waals surface area contributed by atoms with Crippen molar-refractivity contribution < 1.29 is 9.53 Å². The Morgan fingerprint density at radius 1 is 1.14 bits per heavy atom. The van der Waals surface area contributed by atoms with Crippen LogP contribution in [0.4, 0.5) is 5.82 Å². The zero-order chi connectivity index (χ0) is 25.4. The molecule has 1 fully saturated rings. The SMILES string of the molecule is Cc1cc2c(C(N)=O)cccc2n1-c1nc(NCc2ccccc2)c2ccc(C3CNCCCO3)n2n1. The summed E-state index contributed by atoms with van der Waals surface area (Å²) in [4.78, 5) is 17.0. The van der Waals surface area contributed by atoms with Gasteiger partial charge >= 0.3 is 0 Å². The monoisotopic (exact) mass is 495 g/mol. The minimum absolute atomic E-state index is 0.126. The summed E-state index contributed by atoms with van der Waals surface area (Å²) in [5, 5.41) is 12.7. The number of anilines is 1. The number of carbonyl (C=O) groups excluding carboxylic acids is 1. The largest absolute Gasteiger partial charge is 0.371 e. The lowest BCUT2D eigenvalue weighted by atomic mass is 10.1. The van der Waals surface area contributed by atoms with Crippen LogP contribution in [0.1, 0.15) is 39.8 Å². The maximum absolute atomic E-state index is 12.1. The molecular weight excluding hydrogens is 466 g/mol. The number of carbonyl (C=O) groups is 1. The zero-order valence-electron chi connectivity index (χ0n) is 20.6. The highest BCUT2D eigenvalue weighted by Crippen LogP contribution is 2.29. The molecule has 1 amide bonds. The number of fused-ring (bicyclic) bond motifs is 2. The van der Waals surface area contributed by atoms with E-state index in [4.69, 9.17) is 20.6 Å². The van der Waals surface area contributed by atoms with Crippen LogP contribution in [-0.2, 0) is 11.3 Å². The van der Waals surface area contributed by atoms with Crippen molar-refractivity contribution in [3.63, 3.8) is 0 Å². The molecule has 3 aromatic heterocycles. The van der Waals surface area contributed by atoms with E-state index >= 15 is 0 Å². The van der Waals surface area contributed by atoms with Gasteiger partial charge in [-0.2, -0.15) is 4.98 Å². The molecule has 1 aliphatic heterocycles. The second-order valence-corrected chi connectivity index (χ2v) is 9.30. The fourth-order valence-electron chi connectivity index (χ4n) is 5.00. The maximum Gasteiger partial charge on any atom is 0.254 e. The molecule has 6 rings (SSSR count). The van der Waals surface area contributed by atoms with Crippen LogP contribution >= 0.6 is 0 Å². The average Bonchev–Trinajstić information content (AvgIpc) is 3.37. The van der Waals surface area contributed by atoms with Crippen LogP contribution in [0, 0.1) is 6.92 Å². The van der Waals surface area contributed by atoms with Crippen molar-refractivity contribution in [3.05, 3.63) is 89.2 Å². The van der Waals surface area contributed by atoms with Gasteiger partial charge in [-0.3, -0.25) is 9.36 Å². The number of aromatic nitrogens is 4. The van der Waals surface area contributed by atoms with Gasteiger partial charge in [0, 0.05) is 36.3 Å². The molecule has 0 bridgehead atoms. The zero-order valence-corrected chi connectivity index (χ0v) is 20.6. The molecule has 4 heterocycles. The van der Waals surface area contributed by atoms with Crippen LogP contribution in [0.25, 0.3) is 22.4 Å². The number of ether oxygens (including phenoxy) is 1. The second kappa shape index (κ2) is 9.68. The lowest BCUT2D eigenvalue weighted by Gasteiger charge is -2.17. The number of rotatable bonds is 6. The first-order chi connectivity index (χ1) is 18.1. The molecular formula is C28H29N7O2. The van der Waals surface area contributed by atoms with E-state index in [0.29, 0.717) is 37.0 Å². The van der Waals surface area contributed by atoms with Gasteiger partial charge in [-0.25, -0.2) is 4.52 Å². The van der Waals surface area contributed by atoms with Gasteiger partial charge in [0.05, 0.1) is 11.2 Å². The maximum atomic E-state index is 12.1. The van der Waals surface area contributed by atoms with Gasteiger partial charge in [0.15, 0.2) is 5.82 Å². The van der Waals surface area contributed by atoms with E-state index in [-0.39, 0.29) is 6.10 Å². The average molecular weight is 496 g/mol. The van der Waals surface area contributed by atoms with Crippen LogP contribution in [0.5, 0.6) is 0 Å². The first kappa shape index (κ1) is 23.2. The quantitative estimate of drug-likeness (QED) is 0.331. The number of aryl methyl sites for hydroxylation is 1. The summed E-state index contributed by atoms with van der Waals surface area (Å²) in [7, 11) is 0. The van der Waals surface area contributed by atoms with E-state index in [2.05, 4.69) is 28.8 Å². The molecule has 0 saturated carbocycles. The molecule has 4 N–H and O–H groups in total. The molecule has 2 aromatic carbocycles. The van der Waals surface area contributed by atoms with Gasteiger partial charge in [0.2, 0.25) is 5.91 Å². The van der Waals surface area contributed by atoms with Crippen molar-refractivity contribution in [3.8, 4) is 5.95 Å². The Bertz CT molecular complexity index is 1580. The van der Waals surface area contributed by atoms with E-state index in [1.54, 1.807) is 6.07 Å². The number of amides is 1. The van der Waals surface area contributed by atoms with Crippen molar-refractivity contribution in [1.82, 2.24) is 24.5 Å². The van der Waals surface area contributed by atoms with Crippen molar-refractivity contribution in [2.45, 2.75) is 26.0 Å². The molecule has 9 nitrogen and oxygen atoms in total. The number of hydrogen-bond donors (Lipinski definition) is 3. The van der Waals surface area contributed by atoms with Crippen molar-refractivity contribution in [1.29, 1.82) is 0 Å². The Morgan fingerprint density at radius 2 is 2.00 bits per heavy atom. The van der Waals surface area contributed by atoms with E-state index < -0.39 is 5.91 Å². The molecule has 37 heavy (non-hydrogen) atoms. The summed E-state index contributed by atoms with van der Waals surface area (Å²) in [5.74, 6) is 0.750. The lowest BCUT2D eigenvalue weighted by Crippen LogP contribution is -2.22. The van der Waals surface area contributed by atoms with E-state index in [1.807, 2.05) is 58.5 Å². The fourth-order valence-corrected chi connectivity index (χ4v) is 5.00. The molecule has 5 aromatic rings. The molecule has 1 unspecified atom stereocenters. The normalized spacial score (nSPS) is 16.2. The van der Waals surface area contributed by atoms with Crippen molar-refractivity contribution in [2.24, 2.45) is 5.73 Å². The second-order valence-electron chi connectivity index (χ2n) is 9.30. The topological polar surface area (TPSA) is 112 Å². The highest BCUT2D eigenvalue weighted by atomic mass is 16.5. The van der Waals surface area contributed by atoms with Crippen LogP contribution in [0.2, 0.25) is 0 Å². The summed E-state index contributed by atoms with van der Waals surface area (Å²) in [5.41, 5.74) is 10.8. The third-order valence-corrected chi connectivity index (χ3v) is 6.80. The van der Waals surface area contributed by atoms with E-state index in [1.165, 1.54) is 0 Å². The molecule has 0 radical (unpaired) electrons. The number of hydrogen-bond acceptors (Lipinski definition) is 6. The summed E-state index contributed by atoms with van der Waals surface area (Å²) in [6, 6.07) is 21.8. The van der Waals surface area contributed by atoms with Gasteiger partial charge in [0.1, 0.15) is 11.6 Å². The summed E-state index contributed by atoms with van der Waals surface area (Å²) < 4.78 is 10.1. The summed E-state index contributed by atoms with van der Waals surface area (Å²) in [6.45, 7) is 4.93. The van der Waals surface area contributed by atoms with Crippen molar-refractivity contribution in [2.75, 3.05) is 25.0 Å². The smallest absolute Gasteiger partial charge is 0.254 e. The van der Waals surface area contributed by atoms with Gasteiger partial charge < -0.3 is 21.1 Å². The molecule has 1 atom stereocenters. The number of nitrogens with zero attached hydrogens (tertiary/aromatic N) is 4. The Hall–Kier alpha value is -4.21. The first-order valence-corrected chi connectivity index (χ1v) is 12.5. The molecule has 1 aliphatic rings. The van der Waals surface area contributed by atoms with Crippen LogP contribution in [-0.4, -0.2) is 44.8 Å². The van der Waals surface area contributed by atoms with E-state index in [0.717, 1.165) is 46.3 Å². The first-order valence-electron chi connectivity index (χ1n) is 12.5.